The average Bonchev–Trinajstić information content (AvgIpc) is 2.85. The molecule has 21 heavy (non-hydrogen) atoms. The molecule has 0 saturated carbocycles. The molecule has 0 aliphatic rings. The van der Waals surface area contributed by atoms with Gasteiger partial charge in [0.25, 0.3) is 0 Å². The summed E-state index contributed by atoms with van der Waals surface area (Å²) in [7, 11) is 1.63. The highest BCUT2D eigenvalue weighted by Crippen LogP contribution is 2.37. The maximum Gasteiger partial charge on any atom is 0.132 e. The molecular weight excluding hydrogens is 356 g/mol. The Morgan fingerprint density at radius 2 is 2.24 bits per heavy atom. The van der Waals surface area contributed by atoms with Crippen LogP contribution in [0, 0.1) is 0 Å². The number of rotatable bonds is 6. The van der Waals surface area contributed by atoms with E-state index < -0.39 is 5.60 Å². The fourth-order valence-corrected chi connectivity index (χ4v) is 3.07. The van der Waals surface area contributed by atoms with Gasteiger partial charge in [-0.15, -0.1) is 0 Å². The van der Waals surface area contributed by atoms with E-state index in [0.717, 1.165) is 10.0 Å². The van der Waals surface area contributed by atoms with Gasteiger partial charge in [-0.25, -0.2) is 0 Å². The standard InChI is InChI=1S/C15H18BrClN2O2/c1-3-15(20,11-5-4-6-12(16)9-11)14-13(17)10-18-19(14)7-8-21-2/h4-6,9-10,20H,3,7-8H2,1-2H3. The van der Waals surface area contributed by atoms with Gasteiger partial charge in [0.05, 0.1) is 30.1 Å². The lowest BCUT2D eigenvalue weighted by Gasteiger charge is -2.29. The molecular formula is C15H18BrClN2O2. The summed E-state index contributed by atoms with van der Waals surface area (Å²) in [5.74, 6) is 0. The molecule has 2 aromatic rings. The predicted octanol–water partition coefficient (Wildman–Crippen LogP) is 3.59. The Labute approximate surface area is 137 Å². The van der Waals surface area contributed by atoms with Crippen molar-refractivity contribution in [2.24, 2.45) is 0 Å². The number of aromatic nitrogens is 2. The van der Waals surface area contributed by atoms with E-state index in [9.17, 15) is 5.11 Å². The minimum Gasteiger partial charge on any atom is -0.383 e. The lowest BCUT2D eigenvalue weighted by molar-refractivity contribution is 0.0643. The van der Waals surface area contributed by atoms with Gasteiger partial charge in [-0.3, -0.25) is 4.68 Å². The molecule has 0 bridgehead atoms. The second-order valence-corrected chi connectivity index (χ2v) is 6.10. The summed E-state index contributed by atoms with van der Waals surface area (Å²) in [5.41, 5.74) is 0.188. The van der Waals surface area contributed by atoms with Crippen molar-refractivity contribution in [3.8, 4) is 0 Å². The summed E-state index contributed by atoms with van der Waals surface area (Å²) < 4.78 is 7.70. The van der Waals surface area contributed by atoms with E-state index in [1.807, 2.05) is 31.2 Å². The van der Waals surface area contributed by atoms with E-state index in [1.165, 1.54) is 0 Å². The lowest BCUT2D eigenvalue weighted by Crippen LogP contribution is -2.31. The molecule has 0 spiro atoms. The number of hydrogen-bond donors (Lipinski definition) is 1. The Hall–Kier alpha value is -0.880. The smallest absolute Gasteiger partial charge is 0.132 e. The highest BCUT2D eigenvalue weighted by atomic mass is 79.9. The number of methoxy groups -OCH3 is 1. The predicted molar refractivity (Wildman–Crippen MR) is 86.5 cm³/mol. The Morgan fingerprint density at radius 1 is 1.48 bits per heavy atom. The topological polar surface area (TPSA) is 47.3 Å². The Morgan fingerprint density at radius 3 is 2.86 bits per heavy atom. The Kier molecular flexibility index (Phi) is 5.43. The first-order valence-electron chi connectivity index (χ1n) is 6.72. The van der Waals surface area contributed by atoms with Gasteiger partial charge in [0.15, 0.2) is 0 Å². The SMILES string of the molecule is CCC(O)(c1cccc(Br)c1)c1c(Cl)cnn1CCOC. The molecule has 0 amide bonds. The van der Waals surface area contributed by atoms with Crippen LogP contribution in [0.1, 0.15) is 24.6 Å². The third-order valence-corrected chi connectivity index (χ3v) is 4.28. The number of benzene rings is 1. The maximum absolute atomic E-state index is 11.2. The van der Waals surface area contributed by atoms with Crippen LogP contribution in [0.25, 0.3) is 0 Å². The molecule has 1 heterocycles. The molecule has 1 unspecified atom stereocenters. The van der Waals surface area contributed by atoms with Crippen LogP contribution in [0.5, 0.6) is 0 Å². The molecule has 1 N–H and O–H groups in total. The van der Waals surface area contributed by atoms with E-state index in [4.69, 9.17) is 16.3 Å². The zero-order valence-corrected chi connectivity index (χ0v) is 14.4. The van der Waals surface area contributed by atoms with E-state index in [-0.39, 0.29) is 0 Å². The minimum atomic E-state index is -1.19. The first-order valence-corrected chi connectivity index (χ1v) is 7.89. The van der Waals surface area contributed by atoms with Crippen LogP contribution in [-0.4, -0.2) is 28.6 Å². The molecule has 0 radical (unpaired) electrons. The van der Waals surface area contributed by atoms with E-state index in [2.05, 4.69) is 21.0 Å². The van der Waals surface area contributed by atoms with Gasteiger partial charge in [-0.05, 0) is 24.1 Å². The van der Waals surface area contributed by atoms with Crippen molar-refractivity contribution < 1.29 is 9.84 Å². The van der Waals surface area contributed by atoms with Gasteiger partial charge in [0.1, 0.15) is 5.60 Å². The van der Waals surface area contributed by atoms with Gasteiger partial charge in [-0.2, -0.15) is 5.10 Å². The molecule has 6 heteroatoms. The summed E-state index contributed by atoms with van der Waals surface area (Å²) in [4.78, 5) is 0. The first kappa shape index (κ1) is 16.5. The molecule has 1 aromatic carbocycles. The third kappa shape index (κ3) is 3.31. The van der Waals surface area contributed by atoms with Crippen molar-refractivity contribution >= 4 is 27.5 Å². The quantitative estimate of drug-likeness (QED) is 0.842. The van der Waals surface area contributed by atoms with Crippen LogP contribution in [0.4, 0.5) is 0 Å². The van der Waals surface area contributed by atoms with Crippen molar-refractivity contribution in [3.63, 3.8) is 0 Å². The van der Waals surface area contributed by atoms with Gasteiger partial charge in [0, 0.05) is 11.6 Å². The summed E-state index contributed by atoms with van der Waals surface area (Å²) in [6.07, 6.45) is 2.05. The van der Waals surface area contributed by atoms with Crippen molar-refractivity contribution in [2.75, 3.05) is 13.7 Å². The second-order valence-electron chi connectivity index (χ2n) is 4.78. The Bertz CT molecular complexity index is 617. The van der Waals surface area contributed by atoms with E-state index in [0.29, 0.717) is 30.3 Å². The molecule has 2 rings (SSSR count). The number of ether oxygens (including phenoxy) is 1. The summed E-state index contributed by atoms with van der Waals surface area (Å²) in [6.45, 7) is 2.96. The van der Waals surface area contributed by atoms with Crippen molar-refractivity contribution in [2.45, 2.75) is 25.5 Å². The second kappa shape index (κ2) is 6.92. The highest BCUT2D eigenvalue weighted by molar-refractivity contribution is 9.10. The zero-order valence-electron chi connectivity index (χ0n) is 12.0. The molecule has 0 aliphatic carbocycles. The largest absolute Gasteiger partial charge is 0.383 e. The number of aliphatic hydroxyl groups is 1. The molecule has 1 aromatic heterocycles. The van der Waals surface area contributed by atoms with E-state index in [1.54, 1.807) is 18.0 Å². The van der Waals surface area contributed by atoms with Crippen LogP contribution in [0.2, 0.25) is 5.02 Å². The van der Waals surface area contributed by atoms with Gasteiger partial charge >= 0.3 is 0 Å². The molecule has 1 atom stereocenters. The molecule has 0 fully saturated rings. The lowest BCUT2D eigenvalue weighted by atomic mass is 9.87. The number of halogens is 2. The normalized spacial score (nSPS) is 14.1. The number of hydrogen-bond acceptors (Lipinski definition) is 3. The molecule has 0 saturated heterocycles. The zero-order chi connectivity index (χ0) is 15.5. The van der Waals surface area contributed by atoms with Gasteiger partial charge < -0.3 is 9.84 Å². The van der Waals surface area contributed by atoms with Crippen LogP contribution in [-0.2, 0) is 16.9 Å². The third-order valence-electron chi connectivity index (χ3n) is 3.51. The minimum absolute atomic E-state index is 0.454. The fourth-order valence-electron chi connectivity index (χ4n) is 2.37. The monoisotopic (exact) mass is 372 g/mol. The van der Waals surface area contributed by atoms with Crippen molar-refractivity contribution in [1.29, 1.82) is 0 Å². The highest BCUT2D eigenvalue weighted by Gasteiger charge is 2.35. The van der Waals surface area contributed by atoms with Crippen molar-refractivity contribution in [3.05, 3.63) is 51.2 Å². The molecule has 114 valence electrons. The van der Waals surface area contributed by atoms with Crippen LogP contribution < -0.4 is 0 Å². The first-order chi connectivity index (χ1) is 10.0. The van der Waals surface area contributed by atoms with Crippen LogP contribution in [0.15, 0.2) is 34.9 Å². The molecule has 0 aliphatic heterocycles. The van der Waals surface area contributed by atoms with Crippen LogP contribution >= 0.6 is 27.5 Å². The fraction of sp³-hybridized carbons (Fsp3) is 0.400. The van der Waals surface area contributed by atoms with Crippen molar-refractivity contribution in [1.82, 2.24) is 9.78 Å². The van der Waals surface area contributed by atoms with Crippen LogP contribution in [0.3, 0.4) is 0 Å². The molecule has 4 nitrogen and oxygen atoms in total. The number of nitrogens with zero attached hydrogens (tertiary/aromatic N) is 2. The Balaban J connectivity index is 2.52. The summed E-state index contributed by atoms with van der Waals surface area (Å²) >= 11 is 9.72. The van der Waals surface area contributed by atoms with Gasteiger partial charge in [-0.1, -0.05) is 46.6 Å². The van der Waals surface area contributed by atoms with E-state index >= 15 is 0 Å². The summed E-state index contributed by atoms with van der Waals surface area (Å²) in [6, 6.07) is 7.60. The van der Waals surface area contributed by atoms with Gasteiger partial charge in [0.2, 0.25) is 0 Å². The maximum atomic E-state index is 11.2. The average molecular weight is 374 g/mol. The summed E-state index contributed by atoms with van der Waals surface area (Å²) in [5, 5.41) is 15.9.